The fourth-order valence-corrected chi connectivity index (χ4v) is 12.9. The maximum absolute atomic E-state index is 11.6. The minimum Gasteiger partial charge on any atom is -0.481 e. The third-order valence-corrected chi connectivity index (χ3v) is 15.1. The van der Waals surface area contributed by atoms with Crippen molar-refractivity contribution < 1.29 is 19.7 Å². The molecular weight excluding hydrogens is 522 g/mol. The van der Waals surface area contributed by atoms with Crippen LogP contribution in [0.2, 0.25) is 0 Å². The second-order valence-electron chi connectivity index (χ2n) is 16.9. The lowest BCUT2D eigenvalue weighted by Gasteiger charge is -2.72. The van der Waals surface area contributed by atoms with Gasteiger partial charge < -0.3 is 20.3 Å². The summed E-state index contributed by atoms with van der Waals surface area (Å²) in [6.45, 7) is 14.2. The zero-order valence-electron chi connectivity index (χ0n) is 27.4. The third-order valence-electron chi connectivity index (χ3n) is 15.1. The zero-order chi connectivity index (χ0) is 30.1. The van der Waals surface area contributed by atoms with Gasteiger partial charge in [0.2, 0.25) is 0 Å². The van der Waals surface area contributed by atoms with Crippen molar-refractivity contribution in [2.45, 2.75) is 130 Å². The van der Waals surface area contributed by atoms with E-state index in [1.165, 1.54) is 75.4 Å². The van der Waals surface area contributed by atoms with E-state index in [2.05, 4.69) is 52.1 Å². The van der Waals surface area contributed by atoms with Crippen molar-refractivity contribution in [3.63, 3.8) is 0 Å². The van der Waals surface area contributed by atoms with Gasteiger partial charge in [-0.15, -0.1) is 0 Å². The molecule has 42 heavy (non-hydrogen) atoms. The molecule has 5 heteroatoms. The van der Waals surface area contributed by atoms with Gasteiger partial charge in [-0.05, 0) is 134 Å². The Balaban J connectivity index is 1.26. The number of β-amino-alcohol motifs (C(OH)–C–C–N with tert-alkyl or cyclic N) is 1. The van der Waals surface area contributed by atoms with Crippen LogP contribution in [0.5, 0.6) is 0 Å². The van der Waals surface area contributed by atoms with Crippen LogP contribution in [0.3, 0.4) is 0 Å². The summed E-state index contributed by atoms with van der Waals surface area (Å²) in [7, 11) is 1.67. The molecule has 4 fully saturated rings. The molecule has 0 saturated heterocycles. The third kappa shape index (κ3) is 4.44. The first-order chi connectivity index (χ1) is 19.8. The number of allylic oxidation sites excluding steroid dienone is 4. The Bertz CT molecular complexity index is 1130. The van der Waals surface area contributed by atoms with Crippen LogP contribution >= 0.6 is 0 Å². The molecule has 4 saturated carbocycles. The number of rotatable bonds is 7. The van der Waals surface area contributed by atoms with E-state index in [0.717, 1.165) is 30.6 Å². The first kappa shape index (κ1) is 30.8. The van der Waals surface area contributed by atoms with Crippen LogP contribution < -0.4 is 5.32 Å². The number of nitrogens with one attached hydrogen (secondary N) is 1. The van der Waals surface area contributed by atoms with Gasteiger partial charge in [-0.1, -0.05) is 53.2 Å². The molecule has 0 aromatic heterocycles. The minimum absolute atomic E-state index is 0.119. The summed E-state index contributed by atoms with van der Waals surface area (Å²) >= 11 is 0. The van der Waals surface area contributed by atoms with Crippen LogP contribution in [-0.4, -0.2) is 48.1 Å². The van der Waals surface area contributed by atoms with Crippen LogP contribution in [0.25, 0.3) is 0 Å². The summed E-state index contributed by atoms with van der Waals surface area (Å²) in [5.41, 5.74) is 4.31. The van der Waals surface area contributed by atoms with Crippen LogP contribution in [-0.2, 0) is 9.53 Å². The number of carboxylic acids is 1. The van der Waals surface area contributed by atoms with E-state index in [0.29, 0.717) is 41.7 Å². The number of aliphatic hydroxyl groups excluding tert-OH is 1. The first-order valence-electron chi connectivity index (χ1n) is 17.4. The molecular formula is C37H59NO4. The fourth-order valence-electron chi connectivity index (χ4n) is 12.9. The molecule has 0 heterocycles. The van der Waals surface area contributed by atoms with E-state index in [-0.39, 0.29) is 16.9 Å². The number of hydrogen-bond donors (Lipinski definition) is 3. The van der Waals surface area contributed by atoms with Gasteiger partial charge in [0.15, 0.2) is 0 Å². The van der Waals surface area contributed by atoms with Crippen molar-refractivity contribution in [1.29, 1.82) is 0 Å². The predicted octanol–water partition coefficient (Wildman–Crippen LogP) is 7.54. The average molecular weight is 582 g/mol. The van der Waals surface area contributed by atoms with Crippen LogP contribution in [0.15, 0.2) is 23.3 Å². The van der Waals surface area contributed by atoms with Crippen molar-refractivity contribution >= 4 is 5.97 Å². The largest absolute Gasteiger partial charge is 0.481 e. The van der Waals surface area contributed by atoms with E-state index in [1.807, 2.05) is 0 Å². The number of aliphatic carboxylic acids is 1. The smallest absolute Gasteiger partial charge is 0.306 e. The number of fused-ring (bicyclic) bond motifs is 7. The molecule has 0 aliphatic heterocycles. The number of aliphatic hydroxyl groups is 1. The number of methoxy groups -OCH3 is 1. The minimum atomic E-state index is -0.637. The van der Waals surface area contributed by atoms with Crippen molar-refractivity contribution in [1.82, 2.24) is 5.32 Å². The highest BCUT2D eigenvalue weighted by Gasteiger charge is 2.69. The molecule has 0 radical (unpaired) electrons. The van der Waals surface area contributed by atoms with E-state index < -0.39 is 12.1 Å². The standard InChI is InChI=1S/C37H59NO4/c1-33(2)27(24-9-11-25(12-10-24)32(40)41)15-18-34(3)30(33)16-19-36(5)31(34)14-13-28-29-8-7-17-37(29,21-20-35(28,36)4)38-22-26(39)23-42-6/h9,15,25-26,28-31,38-39H,7-8,10-14,16-23H2,1-6H3,(H,40,41)/t25?,26?,28?,29-,30?,31?,34?,35-,36?,37?/m1/s1. The van der Waals surface area contributed by atoms with Crippen molar-refractivity contribution in [3.05, 3.63) is 23.3 Å². The molecule has 5 nitrogen and oxygen atoms in total. The number of hydrogen-bond acceptors (Lipinski definition) is 4. The topological polar surface area (TPSA) is 78.8 Å². The molecule has 0 bridgehead atoms. The number of carbonyl (C=O) groups is 1. The van der Waals surface area contributed by atoms with E-state index in [1.54, 1.807) is 7.11 Å². The molecule has 8 unspecified atom stereocenters. The lowest BCUT2D eigenvalue weighted by Crippen LogP contribution is -2.67. The SMILES string of the molecule is COCC(O)CNC12CCC[C@@H]1C1CCC3C4(C)CC=C(C5=CCC(C(=O)O)CC5)C(C)(C)C4CCC3(C)[C@]1(C)CC2. The highest BCUT2D eigenvalue weighted by Crippen LogP contribution is 2.76. The highest BCUT2D eigenvalue weighted by molar-refractivity contribution is 5.70. The molecule has 236 valence electrons. The summed E-state index contributed by atoms with van der Waals surface area (Å²) in [5, 5.41) is 24.0. The van der Waals surface area contributed by atoms with Crippen LogP contribution in [0.4, 0.5) is 0 Å². The Kier molecular flexibility index (Phi) is 7.87. The van der Waals surface area contributed by atoms with Crippen LogP contribution in [0, 0.1) is 51.2 Å². The highest BCUT2D eigenvalue weighted by atomic mass is 16.5. The van der Waals surface area contributed by atoms with E-state index >= 15 is 0 Å². The van der Waals surface area contributed by atoms with E-state index in [4.69, 9.17) is 4.74 Å². The van der Waals surface area contributed by atoms with Gasteiger partial charge in [-0.25, -0.2) is 0 Å². The molecule has 6 rings (SSSR count). The number of ether oxygens (including phenoxy) is 1. The second kappa shape index (κ2) is 10.7. The zero-order valence-corrected chi connectivity index (χ0v) is 27.4. The second-order valence-corrected chi connectivity index (χ2v) is 16.9. The van der Waals surface area contributed by atoms with Crippen LogP contribution in [0.1, 0.15) is 118 Å². The lowest BCUT2D eigenvalue weighted by molar-refractivity contribution is -0.218. The van der Waals surface area contributed by atoms with Gasteiger partial charge in [0, 0.05) is 19.2 Å². The van der Waals surface area contributed by atoms with Gasteiger partial charge in [0.25, 0.3) is 0 Å². The molecule has 0 spiro atoms. The fraction of sp³-hybridized carbons (Fsp3) is 0.865. The normalized spacial score (nSPS) is 46.8. The first-order valence-corrected chi connectivity index (χ1v) is 17.4. The molecule has 0 aromatic carbocycles. The van der Waals surface area contributed by atoms with Gasteiger partial charge in [0.1, 0.15) is 0 Å². The molecule has 6 aliphatic rings. The Morgan fingerprint density at radius 1 is 0.952 bits per heavy atom. The predicted molar refractivity (Wildman–Crippen MR) is 168 cm³/mol. The van der Waals surface area contributed by atoms with Crippen molar-refractivity contribution in [2.75, 3.05) is 20.3 Å². The maximum atomic E-state index is 11.6. The van der Waals surface area contributed by atoms with Gasteiger partial charge in [-0.3, -0.25) is 4.79 Å². The molecule has 6 aliphatic carbocycles. The molecule has 0 amide bonds. The summed E-state index contributed by atoms with van der Waals surface area (Å²) in [6, 6.07) is 0. The van der Waals surface area contributed by atoms with Crippen molar-refractivity contribution in [2.24, 2.45) is 51.2 Å². The number of carboxylic acid groups (broad SMARTS) is 1. The maximum Gasteiger partial charge on any atom is 0.306 e. The monoisotopic (exact) mass is 581 g/mol. The Morgan fingerprint density at radius 3 is 2.43 bits per heavy atom. The Hall–Kier alpha value is -1.17. The quantitative estimate of drug-likeness (QED) is 0.290. The lowest BCUT2D eigenvalue weighted by atomic mass is 9.33. The molecule has 10 atom stereocenters. The summed E-state index contributed by atoms with van der Waals surface area (Å²) in [6.07, 6.45) is 19.8. The summed E-state index contributed by atoms with van der Waals surface area (Å²) in [5.74, 6) is 2.04. The Morgan fingerprint density at radius 2 is 1.74 bits per heavy atom. The van der Waals surface area contributed by atoms with E-state index in [9.17, 15) is 15.0 Å². The summed E-state index contributed by atoms with van der Waals surface area (Å²) < 4.78 is 5.23. The van der Waals surface area contributed by atoms with Crippen molar-refractivity contribution in [3.8, 4) is 0 Å². The molecule has 3 N–H and O–H groups in total. The van der Waals surface area contributed by atoms with Gasteiger partial charge in [0.05, 0.1) is 18.6 Å². The average Bonchev–Trinajstić information content (AvgIpc) is 3.37. The van der Waals surface area contributed by atoms with Gasteiger partial charge in [-0.2, -0.15) is 0 Å². The Labute approximate surface area is 255 Å². The molecule has 0 aromatic rings. The summed E-state index contributed by atoms with van der Waals surface area (Å²) in [4.78, 5) is 11.6. The van der Waals surface area contributed by atoms with Gasteiger partial charge >= 0.3 is 5.97 Å².